The lowest BCUT2D eigenvalue weighted by molar-refractivity contribution is 0.0579. The SMILES string of the molecule is CCN1[C@H](c2ccc(Cl)cc2)[C@H](CNCc2cn(CC)nc2C)C[C@]1(C)CO. The van der Waals surface area contributed by atoms with Gasteiger partial charge < -0.3 is 10.4 Å². The summed E-state index contributed by atoms with van der Waals surface area (Å²) in [6.45, 7) is 12.2. The standard InChI is InChI=1S/C22H33ClN4O/c1-5-26-14-19(16(3)25-26)13-24-12-18-11-22(4,15-28)27(6-2)21(18)17-7-9-20(23)10-8-17/h7-10,14,18,21,24,28H,5-6,11-13,15H2,1-4H3/t18-,21+,22+/m0/s1. The van der Waals surface area contributed by atoms with Crippen molar-refractivity contribution < 1.29 is 5.11 Å². The highest BCUT2D eigenvalue weighted by atomic mass is 35.5. The largest absolute Gasteiger partial charge is 0.394 e. The number of nitrogens with one attached hydrogen (secondary N) is 1. The Morgan fingerprint density at radius 1 is 1.25 bits per heavy atom. The van der Waals surface area contributed by atoms with Crippen LogP contribution < -0.4 is 5.32 Å². The third kappa shape index (κ3) is 4.28. The molecule has 1 saturated heterocycles. The molecular weight excluding hydrogens is 372 g/mol. The predicted octanol–water partition coefficient (Wildman–Crippen LogP) is 3.79. The van der Waals surface area contributed by atoms with Crippen LogP contribution in [0.5, 0.6) is 0 Å². The van der Waals surface area contributed by atoms with E-state index in [-0.39, 0.29) is 18.2 Å². The van der Waals surface area contributed by atoms with E-state index in [2.05, 4.69) is 61.3 Å². The number of hydrogen-bond donors (Lipinski definition) is 2. The maximum absolute atomic E-state index is 10.1. The zero-order valence-corrected chi connectivity index (χ0v) is 18.2. The number of aromatic nitrogens is 2. The van der Waals surface area contributed by atoms with Crippen molar-refractivity contribution in [3.05, 3.63) is 52.3 Å². The van der Waals surface area contributed by atoms with Crippen molar-refractivity contribution in [2.24, 2.45) is 5.92 Å². The lowest BCUT2D eigenvalue weighted by Gasteiger charge is -2.37. The minimum atomic E-state index is -0.200. The quantitative estimate of drug-likeness (QED) is 0.702. The first-order valence-corrected chi connectivity index (χ1v) is 10.7. The molecular formula is C22H33ClN4O. The van der Waals surface area contributed by atoms with Gasteiger partial charge in [0.15, 0.2) is 0 Å². The van der Waals surface area contributed by atoms with Crippen LogP contribution in [0.3, 0.4) is 0 Å². The summed E-state index contributed by atoms with van der Waals surface area (Å²) < 4.78 is 1.99. The molecule has 0 spiro atoms. The average molecular weight is 405 g/mol. The fourth-order valence-corrected chi connectivity index (χ4v) is 4.83. The van der Waals surface area contributed by atoms with Gasteiger partial charge in [-0.15, -0.1) is 0 Å². The molecule has 0 bridgehead atoms. The fraction of sp³-hybridized carbons (Fsp3) is 0.591. The monoisotopic (exact) mass is 404 g/mol. The van der Waals surface area contributed by atoms with E-state index in [1.54, 1.807) is 0 Å². The first-order chi connectivity index (χ1) is 13.4. The van der Waals surface area contributed by atoms with Gasteiger partial charge >= 0.3 is 0 Å². The van der Waals surface area contributed by atoms with E-state index < -0.39 is 0 Å². The third-order valence-electron chi connectivity index (χ3n) is 6.16. The summed E-state index contributed by atoms with van der Waals surface area (Å²) >= 11 is 6.11. The molecule has 28 heavy (non-hydrogen) atoms. The number of likely N-dealkylation sites (tertiary alicyclic amines) is 1. The van der Waals surface area contributed by atoms with Crippen LogP contribution >= 0.6 is 11.6 Å². The van der Waals surface area contributed by atoms with E-state index in [4.69, 9.17) is 11.6 Å². The lowest BCUT2D eigenvalue weighted by atomic mass is 9.90. The van der Waals surface area contributed by atoms with Crippen molar-refractivity contribution in [1.82, 2.24) is 20.0 Å². The number of benzene rings is 1. The van der Waals surface area contributed by atoms with Gasteiger partial charge in [0.05, 0.1) is 12.3 Å². The number of aryl methyl sites for hydroxylation is 2. The minimum Gasteiger partial charge on any atom is -0.394 e. The van der Waals surface area contributed by atoms with Crippen LogP contribution in [0.25, 0.3) is 0 Å². The number of aliphatic hydroxyl groups excluding tert-OH is 1. The average Bonchev–Trinajstić information content (AvgIpc) is 3.19. The molecule has 0 saturated carbocycles. The molecule has 1 fully saturated rings. The van der Waals surface area contributed by atoms with Crippen LogP contribution in [0.4, 0.5) is 0 Å². The Morgan fingerprint density at radius 2 is 1.96 bits per heavy atom. The van der Waals surface area contributed by atoms with Gasteiger partial charge in [0.25, 0.3) is 0 Å². The second-order valence-electron chi connectivity index (χ2n) is 8.13. The molecule has 3 atom stereocenters. The van der Waals surface area contributed by atoms with E-state index in [9.17, 15) is 5.11 Å². The number of aliphatic hydroxyl groups is 1. The molecule has 3 rings (SSSR count). The van der Waals surface area contributed by atoms with Gasteiger partial charge in [-0.3, -0.25) is 9.58 Å². The van der Waals surface area contributed by atoms with Gasteiger partial charge in [-0.05, 0) is 57.4 Å². The molecule has 1 aromatic heterocycles. The van der Waals surface area contributed by atoms with Crippen LogP contribution in [0.1, 0.15) is 50.1 Å². The number of hydrogen-bond acceptors (Lipinski definition) is 4. The molecule has 2 N–H and O–H groups in total. The molecule has 2 aromatic rings. The molecule has 1 aliphatic heterocycles. The van der Waals surface area contributed by atoms with Crippen LogP contribution in [-0.2, 0) is 13.1 Å². The Morgan fingerprint density at radius 3 is 2.54 bits per heavy atom. The topological polar surface area (TPSA) is 53.3 Å². The first kappa shape index (κ1) is 21.3. The van der Waals surface area contributed by atoms with E-state index in [0.29, 0.717) is 5.92 Å². The van der Waals surface area contributed by atoms with Gasteiger partial charge in [-0.25, -0.2) is 0 Å². The van der Waals surface area contributed by atoms with E-state index in [1.165, 1.54) is 11.1 Å². The zero-order valence-electron chi connectivity index (χ0n) is 17.5. The van der Waals surface area contributed by atoms with Crippen molar-refractivity contribution in [2.75, 3.05) is 19.7 Å². The van der Waals surface area contributed by atoms with Gasteiger partial charge in [-0.2, -0.15) is 5.10 Å². The van der Waals surface area contributed by atoms with Crippen LogP contribution in [0.2, 0.25) is 5.02 Å². The summed E-state index contributed by atoms with van der Waals surface area (Å²) in [7, 11) is 0. The van der Waals surface area contributed by atoms with E-state index >= 15 is 0 Å². The van der Waals surface area contributed by atoms with E-state index in [0.717, 1.165) is 43.3 Å². The maximum atomic E-state index is 10.1. The zero-order chi connectivity index (χ0) is 20.3. The number of nitrogens with zero attached hydrogens (tertiary/aromatic N) is 3. The Hall–Kier alpha value is -1.40. The molecule has 0 amide bonds. The van der Waals surface area contributed by atoms with Crippen molar-refractivity contribution in [3.63, 3.8) is 0 Å². The molecule has 5 nitrogen and oxygen atoms in total. The van der Waals surface area contributed by atoms with Crippen LogP contribution in [0, 0.1) is 12.8 Å². The second kappa shape index (κ2) is 8.95. The van der Waals surface area contributed by atoms with Crippen LogP contribution in [-0.4, -0.2) is 45.0 Å². The molecule has 0 unspecified atom stereocenters. The Balaban J connectivity index is 1.76. The Kier molecular flexibility index (Phi) is 6.81. The summed E-state index contributed by atoms with van der Waals surface area (Å²) in [6, 6.07) is 8.45. The van der Waals surface area contributed by atoms with Gasteiger partial charge in [0, 0.05) is 48.0 Å². The Labute approximate surface area is 173 Å². The summed E-state index contributed by atoms with van der Waals surface area (Å²) in [5, 5.41) is 19.1. The molecule has 0 aliphatic carbocycles. The fourth-order valence-electron chi connectivity index (χ4n) is 4.70. The van der Waals surface area contributed by atoms with Crippen molar-refractivity contribution in [1.29, 1.82) is 0 Å². The molecule has 1 aromatic carbocycles. The number of halogens is 1. The molecule has 6 heteroatoms. The summed E-state index contributed by atoms with van der Waals surface area (Å²) in [5.74, 6) is 0.416. The van der Waals surface area contributed by atoms with Crippen molar-refractivity contribution in [3.8, 4) is 0 Å². The summed E-state index contributed by atoms with van der Waals surface area (Å²) in [5.41, 5.74) is 3.41. The number of rotatable bonds is 8. The molecule has 154 valence electrons. The van der Waals surface area contributed by atoms with Gasteiger partial charge in [-0.1, -0.05) is 30.7 Å². The third-order valence-corrected chi connectivity index (χ3v) is 6.42. The summed E-state index contributed by atoms with van der Waals surface area (Å²) in [6.07, 6.45) is 3.09. The minimum absolute atomic E-state index is 0.170. The number of likely N-dealkylation sites (N-methyl/N-ethyl adjacent to an activating group) is 1. The highest BCUT2D eigenvalue weighted by Gasteiger charge is 2.47. The normalized spacial score (nSPS) is 25.5. The molecule has 1 aliphatic rings. The molecule has 2 heterocycles. The van der Waals surface area contributed by atoms with E-state index in [1.807, 2.05) is 16.8 Å². The van der Waals surface area contributed by atoms with Crippen molar-refractivity contribution >= 4 is 11.6 Å². The maximum Gasteiger partial charge on any atom is 0.0638 e. The first-order valence-electron chi connectivity index (χ1n) is 10.3. The van der Waals surface area contributed by atoms with Gasteiger partial charge in [0.2, 0.25) is 0 Å². The van der Waals surface area contributed by atoms with Gasteiger partial charge in [0.1, 0.15) is 0 Å². The Bertz CT molecular complexity index is 775. The second-order valence-corrected chi connectivity index (χ2v) is 8.56. The smallest absolute Gasteiger partial charge is 0.0638 e. The highest BCUT2D eigenvalue weighted by Crippen LogP contribution is 2.46. The van der Waals surface area contributed by atoms with Crippen LogP contribution in [0.15, 0.2) is 30.5 Å². The molecule has 0 radical (unpaired) electrons. The lowest BCUT2D eigenvalue weighted by Crippen LogP contribution is -2.45. The summed E-state index contributed by atoms with van der Waals surface area (Å²) in [4.78, 5) is 2.45. The van der Waals surface area contributed by atoms with Crippen molar-refractivity contribution in [2.45, 2.75) is 58.8 Å². The highest BCUT2D eigenvalue weighted by molar-refractivity contribution is 6.30. The predicted molar refractivity (Wildman–Crippen MR) is 115 cm³/mol.